The molecule has 18 heavy (non-hydrogen) atoms. The minimum atomic E-state index is -0.00648. The Morgan fingerprint density at radius 1 is 1.50 bits per heavy atom. The van der Waals surface area contributed by atoms with Gasteiger partial charge in [-0.2, -0.15) is 0 Å². The van der Waals surface area contributed by atoms with Crippen LogP contribution in [0, 0.1) is 11.8 Å². The lowest BCUT2D eigenvalue weighted by molar-refractivity contribution is -0.140. The average Bonchev–Trinajstić information content (AvgIpc) is 2.33. The van der Waals surface area contributed by atoms with Crippen LogP contribution in [0.25, 0.3) is 0 Å². The Kier molecular flexibility index (Phi) is 6.09. The normalized spacial score (nSPS) is 29.9. The Hall–Kier alpha value is -0.610. The number of methoxy groups -OCH3 is 1. The largest absolute Gasteiger partial charge is 0.383 e. The van der Waals surface area contributed by atoms with Gasteiger partial charge >= 0.3 is 0 Å². The van der Waals surface area contributed by atoms with Crippen LogP contribution in [0.5, 0.6) is 0 Å². The third-order valence-corrected chi connectivity index (χ3v) is 4.05. The molecule has 4 heteroatoms. The van der Waals surface area contributed by atoms with Gasteiger partial charge in [0.05, 0.1) is 18.6 Å². The number of likely N-dealkylation sites (N-methyl/N-ethyl adjacent to an activating group) is 1. The quantitative estimate of drug-likeness (QED) is 0.813. The number of amides is 1. The second kappa shape index (κ2) is 7.10. The number of ether oxygens (including phenoxy) is 1. The van der Waals surface area contributed by atoms with E-state index in [0.29, 0.717) is 12.5 Å². The van der Waals surface area contributed by atoms with Crippen molar-refractivity contribution in [2.75, 3.05) is 20.3 Å². The van der Waals surface area contributed by atoms with E-state index in [0.717, 1.165) is 25.8 Å². The molecule has 1 aliphatic carbocycles. The van der Waals surface area contributed by atoms with Gasteiger partial charge in [-0.25, -0.2) is 0 Å². The van der Waals surface area contributed by atoms with Crippen LogP contribution in [0.3, 0.4) is 0 Å². The van der Waals surface area contributed by atoms with Gasteiger partial charge in [-0.15, -0.1) is 0 Å². The summed E-state index contributed by atoms with van der Waals surface area (Å²) in [5.74, 6) is 0.810. The Labute approximate surface area is 111 Å². The fourth-order valence-electron chi connectivity index (χ4n) is 2.92. The summed E-state index contributed by atoms with van der Waals surface area (Å²) in [6.45, 7) is 7.56. The zero-order chi connectivity index (χ0) is 13.7. The number of hydrogen-bond acceptors (Lipinski definition) is 3. The molecule has 0 saturated heterocycles. The average molecular weight is 256 g/mol. The third-order valence-electron chi connectivity index (χ3n) is 4.05. The van der Waals surface area contributed by atoms with Gasteiger partial charge in [-0.05, 0) is 39.0 Å². The number of carbonyl (C=O) groups excluding carboxylic acids is 1. The number of rotatable bonds is 5. The van der Waals surface area contributed by atoms with Crippen LogP contribution in [-0.4, -0.2) is 43.2 Å². The van der Waals surface area contributed by atoms with Crippen molar-refractivity contribution in [2.45, 2.75) is 52.1 Å². The third kappa shape index (κ3) is 3.69. The highest BCUT2D eigenvalue weighted by atomic mass is 16.5. The monoisotopic (exact) mass is 256 g/mol. The van der Waals surface area contributed by atoms with Gasteiger partial charge in [-0.3, -0.25) is 4.79 Å². The van der Waals surface area contributed by atoms with Crippen LogP contribution in [-0.2, 0) is 9.53 Å². The lowest BCUT2D eigenvalue weighted by atomic mass is 9.78. The Morgan fingerprint density at radius 2 is 2.17 bits per heavy atom. The van der Waals surface area contributed by atoms with Crippen LogP contribution in [0.15, 0.2) is 0 Å². The minimum absolute atomic E-state index is 0.00648. The second-order valence-corrected chi connectivity index (χ2v) is 5.62. The predicted molar refractivity (Wildman–Crippen MR) is 73.2 cm³/mol. The van der Waals surface area contributed by atoms with E-state index in [2.05, 4.69) is 6.92 Å². The first-order chi connectivity index (χ1) is 8.51. The molecule has 1 amide bonds. The number of carbonyl (C=O) groups is 1. The molecular formula is C14H28N2O2. The van der Waals surface area contributed by atoms with E-state index < -0.39 is 0 Å². The van der Waals surface area contributed by atoms with Crippen molar-refractivity contribution in [3.63, 3.8) is 0 Å². The molecule has 0 aromatic heterocycles. The summed E-state index contributed by atoms with van der Waals surface area (Å²) in [4.78, 5) is 14.5. The summed E-state index contributed by atoms with van der Waals surface area (Å²) in [5.41, 5.74) is 6.13. The molecule has 1 aliphatic rings. The van der Waals surface area contributed by atoms with Gasteiger partial charge in [0.1, 0.15) is 0 Å². The topological polar surface area (TPSA) is 55.6 Å². The fourth-order valence-corrected chi connectivity index (χ4v) is 2.92. The van der Waals surface area contributed by atoms with Crippen molar-refractivity contribution < 1.29 is 9.53 Å². The number of hydrogen-bond donors (Lipinski definition) is 1. The summed E-state index contributed by atoms with van der Waals surface area (Å²) < 4.78 is 5.15. The second-order valence-electron chi connectivity index (χ2n) is 5.62. The summed E-state index contributed by atoms with van der Waals surface area (Å²) in [5, 5.41) is 0. The van der Waals surface area contributed by atoms with Crippen molar-refractivity contribution in [2.24, 2.45) is 17.6 Å². The maximum absolute atomic E-state index is 12.6. The van der Waals surface area contributed by atoms with E-state index >= 15 is 0 Å². The molecular weight excluding hydrogens is 228 g/mol. The van der Waals surface area contributed by atoms with E-state index in [1.54, 1.807) is 7.11 Å². The van der Waals surface area contributed by atoms with E-state index in [4.69, 9.17) is 10.5 Å². The first-order valence-corrected chi connectivity index (χ1v) is 7.06. The highest BCUT2D eigenvalue weighted by Crippen LogP contribution is 2.29. The van der Waals surface area contributed by atoms with Crippen molar-refractivity contribution in [1.82, 2.24) is 4.90 Å². The lowest BCUT2D eigenvalue weighted by Gasteiger charge is -2.37. The molecule has 0 aromatic carbocycles. The van der Waals surface area contributed by atoms with E-state index in [-0.39, 0.29) is 23.9 Å². The maximum atomic E-state index is 12.6. The summed E-state index contributed by atoms with van der Waals surface area (Å²) in [6, 6.07) is 0.148. The maximum Gasteiger partial charge on any atom is 0.227 e. The van der Waals surface area contributed by atoms with Gasteiger partial charge in [0.2, 0.25) is 5.91 Å². The van der Waals surface area contributed by atoms with Gasteiger partial charge < -0.3 is 15.4 Å². The molecule has 0 heterocycles. The molecule has 1 saturated carbocycles. The van der Waals surface area contributed by atoms with Crippen molar-refractivity contribution in [3.05, 3.63) is 0 Å². The van der Waals surface area contributed by atoms with Crippen LogP contribution in [0.1, 0.15) is 40.0 Å². The molecule has 0 radical (unpaired) electrons. The van der Waals surface area contributed by atoms with E-state index in [1.807, 2.05) is 18.7 Å². The molecule has 0 aromatic rings. The standard InChI is InChI=1S/C14H28N2O2/c1-5-16(11(3)9-18-4)14(17)12-8-10(2)6-7-13(12)15/h10-13H,5-9,15H2,1-4H3. The summed E-state index contributed by atoms with van der Waals surface area (Å²) >= 11 is 0. The SMILES string of the molecule is CCN(C(=O)C1CC(C)CCC1N)C(C)COC. The molecule has 1 rings (SSSR count). The highest BCUT2D eigenvalue weighted by Gasteiger charge is 2.35. The van der Waals surface area contributed by atoms with Crippen LogP contribution in [0.2, 0.25) is 0 Å². The van der Waals surface area contributed by atoms with E-state index in [1.165, 1.54) is 0 Å². The van der Waals surface area contributed by atoms with Gasteiger partial charge in [0.15, 0.2) is 0 Å². The molecule has 4 unspecified atom stereocenters. The zero-order valence-electron chi connectivity index (χ0n) is 12.2. The van der Waals surface area contributed by atoms with Crippen molar-refractivity contribution >= 4 is 5.91 Å². The molecule has 0 aliphatic heterocycles. The smallest absolute Gasteiger partial charge is 0.227 e. The van der Waals surface area contributed by atoms with Gasteiger partial charge in [0, 0.05) is 19.7 Å². The first-order valence-electron chi connectivity index (χ1n) is 7.06. The Bertz CT molecular complexity index is 271. The van der Waals surface area contributed by atoms with Crippen LogP contribution in [0.4, 0.5) is 0 Å². The molecule has 106 valence electrons. The van der Waals surface area contributed by atoms with Gasteiger partial charge in [-0.1, -0.05) is 6.92 Å². The Balaban J connectivity index is 2.69. The fraction of sp³-hybridized carbons (Fsp3) is 0.929. The molecule has 1 fully saturated rings. The minimum Gasteiger partial charge on any atom is -0.383 e. The number of nitrogens with zero attached hydrogens (tertiary/aromatic N) is 1. The van der Waals surface area contributed by atoms with Crippen LogP contribution < -0.4 is 5.73 Å². The summed E-state index contributed by atoms with van der Waals surface area (Å²) in [7, 11) is 1.67. The van der Waals surface area contributed by atoms with Crippen molar-refractivity contribution in [1.29, 1.82) is 0 Å². The van der Waals surface area contributed by atoms with Crippen molar-refractivity contribution in [3.8, 4) is 0 Å². The molecule has 4 nitrogen and oxygen atoms in total. The first kappa shape index (κ1) is 15.4. The van der Waals surface area contributed by atoms with Crippen LogP contribution >= 0.6 is 0 Å². The molecule has 0 spiro atoms. The molecule has 0 bridgehead atoms. The molecule has 2 N–H and O–H groups in total. The molecule has 4 atom stereocenters. The lowest BCUT2D eigenvalue weighted by Crippen LogP contribution is -2.50. The Morgan fingerprint density at radius 3 is 2.72 bits per heavy atom. The van der Waals surface area contributed by atoms with E-state index in [9.17, 15) is 4.79 Å². The zero-order valence-corrected chi connectivity index (χ0v) is 12.2. The summed E-state index contributed by atoms with van der Waals surface area (Å²) in [6.07, 6.45) is 3.04. The number of nitrogens with two attached hydrogens (primary N) is 1. The predicted octanol–water partition coefficient (Wildman–Crippen LogP) is 1.63. The highest BCUT2D eigenvalue weighted by molar-refractivity contribution is 5.80. The van der Waals surface area contributed by atoms with Gasteiger partial charge in [0.25, 0.3) is 0 Å².